The predicted molar refractivity (Wildman–Crippen MR) is 89.4 cm³/mol. The summed E-state index contributed by atoms with van der Waals surface area (Å²) in [6.45, 7) is 1.82. The second-order valence-corrected chi connectivity index (χ2v) is 5.50. The fraction of sp³-hybridized carbons (Fsp3) is 0.125. The van der Waals surface area contributed by atoms with Crippen LogP contribution >= 0.6 is 0 Å². The number of fused-ring (bicyclic) bond motifs is 1. The van der Waals surface area contributed by atoms with E-state index in [9.17, 15) is 4.79 Å². The van der Waals surface area contributed by atoms with Crippen molar-refractivity contribution in [3.63, 3.8) is 0 Å². The number of hydrogen-bond donors (Lipinski definition) is 2. The van der Waals surface area contributed by atoms with E-state index < -0.39 is 6.04 Å². The number of rotatable bonds is 3. The van der Waals surface area contributed by atoms with E-state index in [0.29, 0.717) is 22.9 Å². The first-order chi connectivity index (χ1) is 12.2. The van der Waals surface area contributed by atoms with E-state index in [1.807, 2.05) is 19.1 Å². The van der Waals surface area contributed by atoms with Crippen LogP contribution in [0.4, 0.5) is 11.6 Å². The van der Waals surface area contributed by atoms with Crippen molar-refractivity contribution >= 4 is 17.5 Å². The summed E-state index contributed by atoms with van der Waals surface area (Å²) in [5.74, 6) is 0.220. The highest BCUT2D eigenvalue weighted by Gasteiger charge is 2.34. The second kappa shape index (κ2) is 6.11. The Morgan fingerprint density at radius 2 is 2.00 bits per heavy atom. The number of carbonyl (C=O) groups excluding carboxylic acids is 1. The molecule has 4 rings (SSSR count). The molecule has 25 heavy (non-hydrogen) atoms. The van der Waals surface area contributed by atoms with Gasteiger partial charge in [0.1, 0.15) is 6.04 Å². The normalized spacial score (nSPS) is 16.1. The average Bonchev–Trinajstić information content (AvgIpc) is 3.10. The van der Waals surface area contributed by atoms with E-state index >= 15 is 0 Å². The molecule has 1 aliphatic rings. The maximum Gasteiger partial charge on any atom is 0.255 e. The molecule has 4 heterocycles. The van der Waals surface area contributed by atoms with Crippen LogP contribution in [-0.4, -0.2) is 36.1 Å². The largest absolute Gasteiger partial charge is 0.326 e. The summed E-state index contributed by atoms with van der Waals surface area (Å²) >= 11 is 0. The van der Waals surface area contributed by atoms with Crippen molar-refractivity contribution in [2.45, 2.75) is 13.0 Å². The third kappa shape index (κ3) is 2.71. The minimum absolute atomic E-state index is 0.256. The number of amides is 1. The molecule has 3 aromatic heterocycles. The first-order valence-electron chi connectivity index (χ1n) is 7.61. The Labute approximate surface area is 142 Å². The predicted octanol–water partition coefficient (Wildman–Crippen LogP) is 1.39. The van der Waals surface area contributed by atoms with Gasteiger partial charge in [-0.05, 0) is 41.1 Å². The lowest BCUT2D eigenvalue weighted by Crippen LogP contribution is -2.31. The molecule has 0 saturated carbocycles. The van der Waals surface area contributed by atoms with E-state index in [4.69, 9.17) is 0 Å². The molecule has 1 amide bonds. The molecule has 124 valence electrons. The first kappa shape index (κ1) is 14.9. The molecule has 0 bridgehead atoms. The van der Waals surface area contributed by atoms with Crippen molar-refractivity contribution in [1.29, 1.82) is 0 Å². The molecule has 0 aliphatic carbocycles. The molecule has 2 N–H and O–H groups in total. The topological polar surface area (TPSA) is 111 Å². The summed E-state index contributed by atoms with van der Waals surface area (Å²) in [5.41, 5.74) is 2.61. The minimum Gasteiger partial charge on any atom is -0.326 e. The van der Waals surface area contributed by atoms with Gasteiger partial charge in [-0.3, -0.25) is 14.8 Å². The lowest BCUT2D eigenvalue weighted by atomic mass is 9.96. The van der Waals surface area contributed by atoms with Crippen molar-refractivity contribution in [1.82, 2.24) is 30.2 Å². The van der Waals surface area contributed by atoms with Crippen LogP contribution in [0.3, 0.4) is 0 Å². The molecule has 0 radical (unpaired) electrons. The van der Waals surface area contributed by atoms with Gasteiger partial charge in [-0.1, -0.05) is 11.2 Å². The van der Waals surface area contributed by atoms with Crippen LogP contribution in [0.15, 0.2) is 60.3 Å². The van der Waals surface area contributed by atoms with Crippen LogP contribution in [0, 0.1) is 0 Å². The van der Waals surface area contributed by atoms with Crippen LogP contribution in [0.5, 0.6) is 0 Å². The van der Waals surface area contributed by atoms with Gasteiger partial charge in [0.15, 0.2) is 0 Å². The SMILES string of the molecule is CC1=C(C(=O)Nc2cccnc2)C(c2cccnc2)n2nnnc2N1. The molecule has 9 heteroatoms. The van der Waals surface area contributed by atoms with Crippen molar-refractivity contribution in [2.24, 2.45) is 0 Å². The summed E-state index contributed by atoms with van der Waals surface area (Å²) < 4.78 is 1.57. The fourth-order valence-corrected chi connectivity index (χ4v) is 2.79. The van der Waals surface area contributed by atoms with Crippen molar-refractivity contribution in [3.8, 4) is 0 Å². The summed E-state index contributed by atoms with van der Waals surface area (Å²) in [4.78, 5) is 21.1. The Bertz CT molecular complexity index is 935. The summed E-state index contributed by atoms with van der Waals surface area (Å²) in [7, 11) is 0. The van der Waals surface area contributed by atoms with Crippen LogP contribution < -0.4 is 10.6 Å². The smallest absolute Gasteiger partial charge is 0.255 e. The third-order valence-corrected chi connectivity index (χ3v) is 3.88. The standard InChI is InChI=1S/C16H14N8O/c1-10-13(15(25)20-12-5-3-7-18-9-12)14(11-4-2-6-17-8-11)24-16(19-10)21-22-23-24/h2-9,14H,1H3,(H,20,25)(H,19,21,23). The molecule has 1 unspecified atom stereocenters. The molecule has 3 aromatic rings. The average molecular weight is 334 g/mol. The number of aromatic nitrogens is 6. The van der Waals surface area contributed by atoms with Crippen LogP contribution in [0.25, 0.3) is 0 Å². The molecule has 0 fully saturated rings. The van der Waals surface area contributed by atoms with Crippen molar-refractivity contribution in [3.05, 3.63) is 65.9 Å². The number of pyridine rings is 2. The molecule has 1 aliphatic heterocycles. The van der Waals surface area contributed by atoms with E-state index in [0.717, 1.165) is 5.56 Å². The summed E-state index contributed by atoms with van der Waals surface area (Å²) in [6, 6.07) is 6.76. The molecular weight excluding hydrogens is 320 g/mol. The number of tetrazole rings is 1. The summed E-state index contributed by atoms with van der Waals surface area (Å²) in [6.07, 6.45) is 6.61. The van der Waals surface area contributed by atoms with Gasteiger partial charge in [0, 0.05) is 24.3 Å². The van der Waals surface area contributed by atoms with Crippen molar-refractivity contribution in [2.75, 3.05) is 10.6 Å². The lowest BCUT2D eigenvalue weighted by Gasteiger charge is -2.27. The van der Waals surface area contributed by atoms with Gasteiger partial charge in [-0.15, -0.1) is 0 Å². The number of allylic oxidation sites excluding steroid dienone is 1. The molecule has 0 saturated heterocycles. The summed E-state index contributed by atoms with van der Waals surface area (Å²) in [5, 5.41) is 17.6. The van der Waals surface area contributed by atoms with Crippen LogP contribution in [0.1, 0.15) is 18.5 Å². The number of nitrogens with zero attached hydrogens (tertiary/aromatic N) is 6. The van der Waals surface area contributed by atoms with Gasteiger partial charge >= 0.3 is 0 Å². The molecule has 0 aromatic carbocycles. The van der Waals surface area contributed by atoms with Gasteiger partial charge < -0.3 is 10.6 Å². The third-order valence-electron chi connectivity index (χ3n) is 3.88. The van der Waals surface area contributed by atoms with Crippen LogP contribution in [0.2, 0.25) is 0 Å². The Balaban J connectivity index is 1.77. The van der Waals surface area contributed by atoms with Gasteiger partial charge in [0.05, 0.1) is 17.5 Å². The second-order valence-electron chi connectivity index (χ2n) is 5.50. The Morgan fingerprint density at radius 1 is 1.20 bits per heavy atom. The van der Waals surface area contributed by atoms with Gasteiger partial charge in [-0.25, -0.2) is 0 Å². The van der Waals surface area contributed by atoms with Crippen LogP contribution in [-0.2, 0) is 4.79 Å². The molecule has 1 atom stereocenters. The number of carbonyl (C=O) groups is 1. The molecule has 9 nitrogen and oxygen atoms in total. The van der Waals surface area contributed by atoms with Crippen molar-refractivity contribution < 1.29 is 4.79 Å². The lowest BCUT2D eigenvalue weighted by molar-refractivity contribution is -0.113. The Hall–Kier alpha value is -3.62. The molecule has 0 spiro atoms. The zero-order valence-electron chi connectivity index (χ0n) is 13.3. The van der Waals surface area contributed by atoms with Gasteiger partial charge in [0.25, 0.3) is 5.91 Å². The van der Waals surface area contributed by atoms with E-state index in [2.05, 4.69) is 36.1 Å². The Morgan fingerprint density at radius 3 is 2.72 bits per heavy atom. The maximum absolute atomic E-state index is 13.0. The highest BCUT2D eigenvalue weighted by atomic mass is 16.1. The highest BCUT2D eigenvalue weighted by molar-refractivity contribution is 6.05. The quantitative estimate of drug-likeness (QED) is 0.744. The Kier molecular flexibility index (Phi) is 3.65. The van der Waals surface area contributed by atoms with Gasteiger partial charge in [-0.2, -0.15) is 4.68 Å². The zero-order chi connectivity index (χ0) is 17.2. The van der Waals surface area contributed by atoms with E-state index in [-0.39, 0.29) is 5.91 Å². The molecular formula is C16H14N8O. The minimum atomic E-state index is -0.475. The number of nitrogens with one attached hydrogen (secondary N) is 2. The van der Waals surface area contributed by atoms with E-state index in [1.54, 1.807) is 41.6 Å². The monoisotopic (exact) mass is 334 g/mol. The first-order valence-corrected chi connectivity index (χ1v) is 7.61. The zero-order valence-corrected chi connectivity index (χ0v) is 13.3. The highest BCUT2D eigenvalue weighted by Crippen LogP contribution is 2.34. The maximum atomic E-state index is 13.0. The fourth-order valence-electron chi connectivity index (χ4n) is 2.79. The number of anilines is 2. The van der Waals surface area contributed by atoms with Gasteiger partial charge in [0.2, 0.25) is 5.95 Å². The number of hydrogen-bond acceptors (Lipinski definition) is 7. The van der Waals surface area contributed by atoms with E-state index in [1.165, 1.54) is 0 Å².